The summed E-state index contributed by atoms with van der Waals surface area (Å²) in [4.78, 5) is 8.61. The zero-order valence-electron chi connectivity index (χ0n) is 9.46. The predicted molar refractivity (Wildman–Crippen MR) is 68.6 cm³/mol. The number of pyridine rings is 1. The molecule has 18 heavy (non-hydrogen) atoms. The van der Waals surface area contributed by atoms with Crippen molar-refractivity contribution < 1.29 is 4.63 Å². The van der Waals surface area contributed by atoms with Gasteiger partial charge >= 0.3 is 0 Å². The Morgan fingerprint density at radius 1 is 1.44 bits per heavy atom. The van der Waals surface area contributed by atoms with Gasteiger partial charge in [0.2, 0.25) is 0 Å². The minimum Gasteiger partial charge on any atom is -0.379 e. The Kier molecular flexibility index (Phi) is 2.51. The second-order valence-electron chi connectivity index (χ2n) is 3.67. The molecule has 0 bridgehead atoms. The minimum absolute atomic E-state index is 0.229. The predicted octanol–water partition coefficient (Wildman–Crippen LogP) is 1.85. The van der Waals surface area contributed by atoms with E-state index >= 15 is 0 Å². The number of imidazole rings is 1. The molecule has 3 aromatic heterocycles. The van der Waals surface area contributed by atoms with Crippen molar-refractivity contribution in [1.82, 2.24) is 24.8 Å². The highest BCUT2D eigenvalue weighted by Crippen LogP contribution is 2.27. The van der Waals surface area contributed by atoms with E-state index in [0.29, 0.717) is 11.5 Å². The Morgan fingerprint density at radius 3 is 2.94 bits per heavy atom. The molecule has 0 aliphatic heterocycles. The van der Waals surface area contributed by atoms with E-state index in [-0.39, 0.29) is 5.82 Å². The van der Waals surface area contributed by atoms with Gasteiger partial charge in [-0.2, -0.15) is 0 Å². The van der Waals surface area contributed by atoms with Crippen molar-refractivity contribution in [1.29, 1.82) is 0 Å². The van der Waals surface area contributed by atoms with Gasteiger partial charge in [-0.3, -0.25) is 0 Å². The summed E-state index contributed by atoms with van der Waals surface area (Å²) in [7, 11) is 0. The highest BCUT2D eigenvalue weighted by Gasteiger charge is 2.18. The first kappa shape index (κ1) is 11.1. The first-order valence-corrected chi connectivity index (χ1v) is 6.10. The number of aryl methyl sites for hydroxylation is 1. The fourth-order valence-electron chi connectivity index (χ4n) is 1.86. The van der Waals surface area contributed by atoms with Crippen molar-refractivity contribution in [2.75, 3.05) is 5.73 Å². The molecule has 92 valence electrons. The van der Waals surface area contributed by atoms with E-state index in [2.05, 4.69) is 40.8 Å². The van der Waals surface area contributed by atoms with Crippen LogP contribution < -0.4 is 5.73 Å². The van der Waals surface area contributed by atoms with E-state index in [4.69, 9.17) is 5.73 Å². The lowest BCUT2D eigenvalue weighted by Gasteiger charge is -2.03. The molecule has 0 atom stereocenters. The average molecular weight is 309 g/mol. The number of nitrogens with zero attached hydrogens (tertiary/aromatic N) is 5. The van der Waals surface area contributed by atoms with Crippen LogP contribution in [0.15, 0.2) is 21.5 Å². The van der Waals surface area contributed by atoms with Crippen LogP contribution in [0.3, 0.4) is 0 Å². The number of anilines is 1. The van der Waals surface area contributed by atoms with Crippen molar-refractivity contribution in [2.45, 2.75) is 13.5 Å². The molecule has 7 nitrogen and oxygen atoms in total. The summed E-state index contributed by atoms with van der Waals surface area (Å²) in [5, 5.41) is 7.36. The number of rotatable bonds is 2. The van der Waals surface area contributed by atoms with Gasteiger partial charge in [0.15, 0.2) is 17.3 Å². The van der Waals surface area contributed by atoms with Crippen molar-refractivity contribution in [2.24, 2.45) is 0 Å². The number of nitrogen functional groups attached to an aromatic ring is 1. The lowest BCUT2D eigenvalue weighted by atomic mass is 10.4. The van der Waals surface area contributed by atoms with Crippen LogP contribution in [0.2, 0.25) is 0 Å². The standard InChI is InChI=1S/C10H9BrN6O/c1-2-17-6-3-7(11)13-4-5(6)14-10(17)8-9(12)16-18-15-8/h3-4H,2H2,1H3,(H2,12,16). The van der Waals surface area contributed by atoms with Crippen LogP contribution in [0, 0.1) is 0 Å². The van der Waals surface area contributed by atoms with Gasteiger partial charge < -0.3 is 10.3 Å². The largest absolute Gasteiger partial charge is 0.379 e. The van der Waals surface area contributed by atoms with Gasteiger partial charge in [-0.15, -0.1) is 0 Å². The molecule has 0 aliphatic carbocycles. The van der Waals surface area contributed by atoms with Crippen molar-refractivity contribution >= 4 is 32.8 Å². The SMILES string of the molecule is CCn1c(-c2nonc2N)nc2cnc(Br)cc21. The fraction of sp³-hybridized carbons (Fsp3) is 0.200. The molecule has 0 saturated heterocycles. The zero-order valence-corrected chi connectivity index (χ0v) is 11.0. The Labute approximate surface area is 110 Å². The van der Waals surface area contributed by atoms with Gasteiger partial charge in [-0.05, 0) is 39.2 Å². The van der Waals surface area contributed by atoms with E-state index in [1.807, 2.05) is 17.6 Å². The molecule has 0 unspecified atom stereocenters. The third-order valence-electron chi connectivity index (χ3n) is 2.64. The minimum atomic E-state index is 0.229. The maximum absolute atomic E-state index is 5.70. The van der Waals surface area contributed by atoms with E-state index in [1.165, 1.54) is 0 Å². The highest BCUT2D eigenvalue weighted by molar-refractivity contribution is 9.10. The Morgan fingerprint density at radius 2 is 2.28 bits per heavy atom. The van der Waals surface area contributed by atoms with Crippen molar-refractivity contribution in [3.8, 4) is 11.5 Å². The van der Waals surface area contributed by atoms with Gasteiger partial charge in [-0.1, -0.05) is 0 Å². The number of hydrogen-bond donors (Lipinski definition) is 1. The average Bonchev–Trinajstić information content (AvgIpc) is 2.91. The lowest BCUT2D eigenvalue weighted by molar-refractivity contribution is 0.310. The molecule has 2 N–H and O–H groups in total. The summed E-state index contributed by atoms with van der Waals surface area (Å²) in [6.07, 6.45) is 1.69. The molecule has 3 rings (SSSR count). The second-order valence-corrected chi connectivity index (χ2v) is 4.49. The van der Waals surface area contributed by atoms with Gasteiger partial charge in [0, 0.05) is 6.54 Å². The van der Waals surface area contributed by atoms with Crippen molar-refractivity contribution in [3.05, 3.63) is 16.9 Å². The lowest BCUT2D eigenvalue weighted by Crippen LogP contribution is -1.99. The molecule has 0 aromatic carbocycles. The van der Waals surface area contributed by atoms with E-state index in [9.17, 15) is 0 Å². The van der Waals surface area contributed by atoms with E-state index < -0.39 is 0 Å². The highest BCUT2D eigenvalue weighted by atomic mass is 79.9. The fourth-order valence-corrected chi connectivity index (χ4v) is 2.17. The Bertz CT molecular complexity index is 718. The number of fused-ring (bicyclic) bond motifs is 1. The second kappa shape index (κ2) is 4.05. The Balaban J connectivity index is 2.33. The van der Waals surface area contributed by atoms with Gasteiger partial charge in [0.25, 0.3) is 0 Å². The van der Waals surface area contributed by atoms with Crippen LogP contribution in [0.5, 0.6) is 0 Å². The van der Waals surface area contributed by atoms with Crippen LogP contribution in [0.4, 0.5) is 5.82 Å². The van der Waals surface area contributed by atoms with Crippen LogP contribution in [0.1, 0.15) is 6.92 Å². The third-order valence-corrected chi connectivity index (χ3v) is 3.08. The quantitative estimate of drug-likeness (QED) is 0.726. The maximum Gasteiger partial charge on any atom is 0.199 e. The number of nitrogens with two attached hydrogens (primary N) is 1. The van der Waals surface area contributed by atoms with Crippen LogP contribution in [0.25, 0.3) is 22.6 Å². The van der Waals surface area contributed by atoms with Crippen LogP contribution in [-0.4, -0.2) is 24.8 Å². The third kappa shape index (κ3) is 1.57. The van der Waals surface area contributed by atoms with Crippen LogP contribution >= 0.6 is 15.9 Å². The number of hydrogen-bond acceptors (Lipinski definition) is 6. The van der Waals surface area contributed by atoms with Crippen LogP contribution in [-0.2, 0) is 6.54 Å². The molecule has 0 saturated carbocycles. The van der Waals surface area contributed by atoms with Crippen molar-refractivity contribution in [3.63, 3.8) is 0 Å². The monoisotopic (exact) mass is 308 g/mol. The maximum atomic E-state index is 5.70. The molecule has 3 aromatic rings. The number of aromatic nitrogens is 5. The molecular formula is C10H9BrN6O. The first-order chi connectivity index (χ1) is 8.70. The van der Waals surface area contributed by atoms with Gasteiger partial charge in [0.05, 0.1) is 11.7 Å². The molecule has 3 heterocycles. The van der Waals surface area contributed by atoms with E-state index in [0.717, 1.165) is 22.2 Å². The van der Waals surface area contributed by atoms with Gasteiger partial charge in [-0.25, -0.2) is 14.6 Å². The summed E-state index contributed by atoms with van der Waals surface area (Å²) >= 11 is 3.34. The summed E-state index contributed by atoms with van der Waals surface area (Å²) in [6.45, 7) is 2.75. The van der Waals surface area contributed by atoms with E-state index in [1.54, 1.807) is 6.20 Å². The summed E-state index contributed by atoms with van der Waals surface area (Å²) in [6, 6.07) is 1.90. The normalized spacial score (nSPS) is 11.2. The summed E-state index contributed by atoms with van der Waals surface area (Å²) in [5.74, 6) is 0.859. The summed E-state index contributed by atoms with van der Waals surface area (Å²) < 4.78 is 7.35. The molecule has 0 fully saturated rings. The van der Waals surface area contributed by atoms with Gasteiger partial charge in [0.1, 0.15) is 10.1 Å². The first-order valence-electron chi connectivity index (χ1n) is 5.31. The molecular weight excluding hydrogens is 300 g/mol. The molecule has 0 aliphatic rings. The smallest absolute Gasteiger partial charge is 0.199 e. The molecule has 0 spiro atoms. The molecule has 8 heteroatoms. The Hall–Kier alpha value is -1.96. The number of halogens is 1. The zero-order chi connectivity index (χ0) is 12.7. The topological polar surface area (TPSA) is 95.7 Å². The molecule has 0 radical (unpaired) electrons. The molecule has 0 amide bonds. The summed E-state index contributed by atoms with van der Waals surface area (Å²) in [5.41, 5.74) is 7.88.